The van der Waals surface area contributed by atoms with E-state index in [1.807, 2.05) is 12.2 Å². The van der Waals surface area contributed by atoms with Crippen LogP contribution < -0.4 is 5.32 Å². The highest BCUT2D eigenvalue weighted by Crippen LogP contribution is 2.23. The maximum atomic E-state index is 13.8. The van der Waals surface area contributed by atoms with Crippen LogP contribution in [0.25, 0.3) is 0 Å². The second-order valence-corrected chi connectivity index (χ2v) is 5.44. The van der Waals surface area contributed by atoms with Crippen LogP contribution in [0.3, 0.4) is 0 Å². The lowest BCUT2D eigenvalue weighted by atomic mass is 9.96. The van der Waals surface area contributed by atoms with Gasteiger partial charge in [-0.15, -0.1) is 0 Å². The molecule has 0 spiro atoms. The van der Waals surface area contributed by atoms with Crippen LogP contribution >= 0.6 is 15.9 Å². The highest BCUT2D eigenvalue weighted by Gasteiger charge is 2.19. The number of benzene rings is 1. The van der Waals surface area contributed by atoms with Gasteiger partial charge in [0.2, 0.25) is 6.41 Å². The van der Waals surface area contributed by atoms with E-state index in [4.69, 9.17) is 0 Å². The van der Waals surface area contributed by atoms with Crippen LogP contribution in [-0.2, 0) is 4.79 Å². The van der Waals surface area contributed by atoms with Gasteiger partial charge in [-0.25, -0.2) is 4.39 Å². The largest absolute Gasteiger partial charge is 0.328 e. The van der Waals surface area contributed by atoms with Gasteiger partial charge in [0.05, 0.1) is 5.56 Å². The van der Waals surface area contributed by atoms with E-state index in [1.165, 1.54) is 18.2 Å². The number of amides is 1. The number of carbonyl (C=O) groups excluding carboxylic acids is 2. The summed E-state index contributed by atoms with van der Waals surface area (Å²) in [4.78, 5) is 23.3. The van der Waals surface area contributed by atoms with Crippen LogP contribution in [0.5, 0.6) is 0 Å². The summed E-state index contributed by atoms with van der Waals surface area (Å²) in [5.74, 6) is -1.00. The molecule has 5 heteroatoms. The van der Waals surface area contributed by atoms with Gasteiger partial charge in [0.15, 0.2) is 5.78 Å². The van der Waals surface area contributed by atoms with Crippen molar-refractivity contribution in [3.63, 3.8) is 0 Å². The van der Waals surface area contributed by atoms with E-state index in [0.29, 0.717) is 30.5 Å². The minimum atomic E-state index is -0.575. The SMILES string of the molecule is O=CN/C1=C(\C(=O)c2ccccc2F)C/C=C(/Br)CC=C1. The van der Waals surface area contributed by atoms with Crippen LogP contribution in [-0.4, -0.2) is 12.2 Å². The molecule has 0 atom stereocenters. The molecule has 0 saturated carbocycles. The van der Waals surface area contributed by atoms with Crippen LogP contribution in [0.2, 0.25) is 0 Å². The summed E-state index contributed by atoms with van der Waals surface area (Å²) in [6.07, 6.45) is 6.81. The molecule has 3 nitrogen and oxygen atoms in total. The molecular weight excluding hydrogens is 337 g/mol. The first-order valence-corrected chi connectivity index (χ1v) is 7.16. The van der Waals surface area contributed by atoms with Gasteiger partial charge in [0.25, 0.3) is 0 Å². The third-order valence-electron chi connectivity index (χ3n) is 3.06. The molecule has 1 aromatic carbocycles. The van der Waals surface area contributed by atoms with Crippen LogP contribution in [0, 0.1) is 5.82 Å². The Labute approximate surface area is 130 Å². The Morgan fingerprint density at radius 1 is 1.29 bits per heavy atom. The molecule has 0 bridgehead atoms. The Hall–Kier alpha value is -2.01. The molecule has 0 aliphatic heterocycles. The summed E-state index contributed by atoms with van der Waals surface area (Å²) in [6, 6.07) is 5.81. The van der Waals surface area contributed by atoms with Crippen molar-refractivity contribution in [3.05, 3.63) is 69.6 Å². The fraction of sp³-hybridized carbons (Fsp3) is 0.125. The maximum absolute atomic E-state index is 13.8. The van der Waals surface area contributed by atoms with E-state index in [0.717, 1.165) is 4.48 Å². The molecular formula is C16H13BrFNO2. The van der Waals surface area contributed by atoms with E-state index < -0.39 is 11.6 Å². The number of nitrogens with one attached hydrogen (secondary N) is 1. The first kappa shape index (κ1) is 15.4. The molecule has 108 valence electrons. The molecule has 0 heterocycles. The zero-order valence-corrected chi connectivity index (χ0v) is 12.7. The second kappa shape index (κ2) is 7.13. The minimum Gasteiger partial charge on any atom is -0.328 e. The normalized spacial score (nSPS) is 21.0. The van der Waals surface area contributed by atoms with Crippen LogP contribution in [0.15, 0.2) is 58.2 Å². The topological polar surface area (TPSA) is 46.2 Å². The molecule has 1 N–H and O–H groups in total. The molecule has 0 radical (unpaired) electrons. The first-order chi connectivity index (χ1) is 10.1. The monoisotopic (exact) mass is 349 g/mol. The summed E-state index contributed by atoms with van der Waals surface area (Å²) in [5, 5.41) is 2.51. The highest BCUT2D eigenvalue weighted by atomic mass is 79.9. The quantitative estimate of drug-likeness (QED) is 0.666. The van der Waals surface area contributed by atoms with E-state index in [9.17, 15) is 14.0 Å². The number of carbonyl (C=O) groups is 2. The number of allylic oxidation sites excluding steroid dienone is 5. The van der Waals surface area contributed by atoms with E-state index in [1.54, 1.807) is 12.1 Å². The van der Waals surface area contributed by atoms with E-state index in [-0.39, 0.29) is 5.56 Å². The zero-order valence-electron chi connectivity index (χ0n) is 11.1. The smallest absolute Gasteiger partial charge is 0.211 e. The molecule has 0 aromatic heterocycles. The molecule has 1 aromatic rings. The Morgan fingerprint density at radius 3 is 2.76 bits per heavy atom. The standard InChI is InChI=1S/C16H13BrFNO2/c17-11-4-3-7-15(19-10-20)13(9-8-11)16(21)12-5-1-2-6-14(12)18/h1-3,5-8,10H,4,9H2,(H,19,20)/b7-3?,11-8+,15-13-. The first-order valence-electron chi connectivity index (χ1n) is 6.37. The third-order valence-corrected chi connectivity index (χ3v) is 3.70. The van der Waals surface area contributed by atoms with Crippen molar-refractivity contribution in [1.29, 1.82) is 0 Å². The van der Waals surface area contributed by atoms with Gasteiger partial charge in [0.1, 0.15) is 5.82 Å². The number of Topliss-reactive ketones (excluding diaryl/α,β-unsaturated/α-hetero) is 1. The molecule has 2 rings (SSSR count). The number of hydrogen-bond acceptors (Lipinski definition) is 2. The molecule has 0 saturated heterocycles. The zero-order chi connectivity index (χ0) is 15.2. The minimum absolute atomic E-state index is 0.00352. The summed E-state index contributed by atoms with van der Waals surface area (Å²) >= 11 is 3.39. The van der Waals surface area contributed by atoms with Crippen molar-refractivity contribution in [3.8, 4) is 0 Å². The van der Waals surface area contributed by atoms with Gasteiger partial charge in [-0.3, -0.25) is 9.59 Å². The average Bonchev–Trinajstić information content (AvgIpc) is 2.45. The lowest BCUT2D eigenvalue weighted by Crippen LogP contribution is -2.17. The molecule has 1 aliphatic rings. The number of hydrogen-bond donors (Lipinski definition) is 1. The Kier molecular flexibility index (Phi) is 5.22. The Balaban J connectivity index is 2.49. The number of rotatable bonds is 4. The third kappa shape index (κ3) is 3.76. The van der Waals surface area contributed by atoms with Crippen molar-refractivity contribution in [1.82, 2.24) is 5.32 Å². The highest BCUT2D eigenvalue weighted by molar-refractivity contribution is 9.11. The van der Waals surface area contributed by atoms with E-state index >= 15 is 0 Å². The van der Waals surface area contributed by atoms with Crippen molar-refractivity contribution >= 4 is 28.1 Å². The number of ketones is 1. The fourth-order valence-corrected chi connectivity index (χ4v) is 2.37. The summed E-state index contributed by atoms with van der Waals surface area (Å²) in [5.41, 5.74) is 0.741. The van der Waals surface area contributed by atoms with Gasteiger partial charge in [-0.2, -0.15) is 0 Å². The van der Waals surface area contributed by atoms with E-state index in [2.05, 4.69) is 21.2 Å². The van der Waals surface area contributed by atoms with Gasteiger partial charge < -0.3 is 5.32 Å². The Morgan fingerprint density at radius 2 is 2.05 bits per heavy atom. The van der Waals surface area contributed by atoms with Crippen molar-refractivity contribution in [2.45, 2.75) is 12.8 Å². The molecule has 1 amide bonds. The fourth-order valence-electron chi connectivity index (χ4n) is 2.02. The molecule has 0 fully saturated rings. The van der Waals surface area contributed by atoms with Crippen LogP contribution in [0.1, 0.15) is 23.2 Å². The molecule has 0 unspecified atom stereocenters. The Bertz CT molecular complexity index is 662. The predicted molar refractivity (Wildman–Crippen MR) is 82.3 cm³/mol. The maximum Gasteiger partial charge on any atom is 0.211 e. The van der Waals surface area contributed by atoms with Crippen molar-refractivity contribution in [2.75, 3.05) is 0 Å². The van der Waals surface area contributed by atoms with Crippen LogP contribution in [0.4, 0.5) is 4.39 Å². The second-order valence-electron chi connectivity index (χ2n) is 4.42. The van der Waals surface area contributed by atoms with Gasteiger partial charge >= 0.3 is 0 Å². The molecule has 1 aliphatic carbocycles. The number of halogens is 2. The van der Waals surface area contributed by atoms with Gasteiger partial charge in [-0.05, 0) is 35.5 Å². The molecule has 21 heavy (non-hydrogen) atoms. The van der Waals surface area contributed by atoms with Crippen molar-refractivity contribution in [2.24, 2.45) is 0 Å². The summed E-state index contributed by atoms with van der Waals surface area (Å²) in [7, 11) is 0. The lowest BCUT2D eigenvalue weighted by Gasteiger charge is -2.12. The summed E-state index contributed by atoms with van der Waals surface area (Å²) < 4.78 is 14.7. The lowest BCUT2D eigenvalue weighted by molar-refractivity contribution is -0.108. The average molecular weight is 350 g/mol. The van der Waals surface area contributed by atoms with Gasteiger partial charge in [-0.1, -0.05) is 40.2 Å². The van der Waals surface area contributed by atoms with Gasteiger partial charge in [0, 0.05) is 11.3 Å². The summed E-state index contributed by atoms with van der Waals surface area (Å²) in [6.45, 7) is 0. The predicted octanol–water partition coefficient (Wildman–Crippen LogP) is 3.64. The van der Waals surface area contributed by atoms with Crippen molar-refractivity contribution < 1.29 is 14.0 Å².